The van der Waals surface area contributed by atoms with Crippen molar-refractivity contribution >= 4 is 29.0 Å². The van der Waals surface area contributed by atoms with Crippen molar-refractivity contribution in [2.75, 3.05) is 19.7 Å². The summed E-state index contributed by atoms with van der Waals surface area (Å²) >= 11 is 11.9. The van der Waals surface area contributed by atoms with Gasteiger partial charge in [0.2, 0.25) is 0 Å². The zero-order valence-electron chi connectivity index (χ0n) is 13.1. The summed E-state index contributed by atoms with van der Waals surface area (Å²) in [6.07, 6.45) is 0.690. The molecular weight excluding hydrogens is 345 g/mol. The Morgan fingerprint density at radius 1 is 1.08 bits per heavy atom. The maximum atomic E-state index is 13.1. The largest absolute Gasteiger partial charge is 0.395 e. The fraction of sp³-hybridized carbons (Fsp3) is 0.316. The van der Waals surface area contributed by atoms with E-state index >= 15 is 0 Å². The minimum absolute atomic E-state index is 0.0165. The van der Waals surface area contributed by atoms with Crippen LogP contribution in [0.2, 0.25) is 10.0 Å². The second kappa shape index (κ2) is 7.24. The number of ketones is 1. The molecule has 2 aromatic rings. The van der Waals surface area contributed by atoms with Gasteiger partial charge in [0, 0.05) is 33.5 Å². The Bertz CT molecular complexity index is 715. The first kappa shape index (κ1) is 17.4. The van der Waals surface area contributed by atoms with Crippen molar-refractivity contribution in [2.24, 2.45) is 5.92 Å². The first-order chi connectivity index (χ1) is 11.6. The molecule has 5 heteroatoms. The van der Waals surface area contributed by atoms with Crippen molar-refractivity contribution in [3.63, 3.8) is 0 Å². The third-order valence-electron chi connectivity index (χ3n) is 4.91. The fourth-order valence-corrected chi connectivity index (χ4v) is 3.75. The van der Waals surface area contributed by atoms with Gasteiger partial charge < -0.3 is 10.4 Å². The highest BCUT2D eigenvalue weighted by Gasteiger charge is 2.45. The molecule has 0 amide bonds. The summed E-state index contributed by atoms with van der Waals surface area (Å²) in [5.41, 5.74) is 0.954. The lowest BCUT2D eigenvalue weighted by atomic mass is 9.64. The number of halogens is 2. The molecule has 2 aromatic carbocycles. The van der Waals surface area contributed by atoms with E-state index < -0.39 is 5.41 Å². The molecule has 1 saturated heterocycles. The predicted octanol–water partition coefficient (Wildman–Crippen LogP) is 3.72. The van der Waals surface area contributed by atoms with Crippen molar-refractivity contribution in [1.82, 2.24) is 5.32 Å². The van der Waals surface area contributed by atoms with Crippen molar-refractivity contribution in [1.29, 1.82) is 0 Å². The highest BCUT2D eigenvalue weighted by molar-refractivity contribution is 6.30. The van der Waals surface area contributed by atoms with E-state index in [0.717, 1.165) is 12.1 Å². The highest BCUT2D eigenvalue weighted by atomic mass is 35.5. The lowest BCUT2D eigenvalue weighted by molar-refractivity contribution is 0.0658. The number of benzene rings is 2. The molecule has 1 heterocycles. The number of nitrogens with one attached hydrogen (secondary N) is 1. The number of rotatable bonds is 4. The molecule has 3 nitrogen and oxygen atoms in total. The molecule has 0 aliphatic carbocycles. The topological polar surface area (TPSA) is 49.3 Å². The molecule has 3 rings (SSSR count). The number of carbonyl (C=O) groups excluding carboxylic acids is 1. The van der Waals surface area contributed by atoms with E-state index in [1.165, 1.54) is 0 Å². The van der Waals surface area contributed by atoms with E-state index in [2.05, 4.69) is 5.32 Å². The summed E-state index contributed by atoms with van der Waals surface area (Å²) in [6, 6.07) is 14.3. The zero-order chi connectivity index (χ0) is 17.2. The number of carbonyl (C=O) groups is 1. The molecule has 0 radical (unpaired) electrons. The van der Waals surface area contributed by atoms with E-state index in [1.807, 2.05) is 12.1 Å². The Hall–Kier alpha value is -1.39. The quantitative estimate of drug-likeness (QED) is 0.813. The van der Waals surface area contributed by atoms with Gasteiger partial charge in [0.1, 0.15) is 0 Å². The Morgan fingerprint density at radius 3 is 2.25 bits per heavy atom. The van der Waals surface area contributed by atoms with Gasteiger partial charge in [0.15, 0.2) is 5.78 Å². The van der Waals surface area contributed by atoms with Gasteiger partial charge in [-0.2, -0.15) is 0 Å². The van der Waals surface area contributed by atoms with Crippen LogP contribution in [-0.2, 0) is 5.41 Å². The van der Waals surface area contributed by atoms with E-state index in [4.69, 9.17) is 23.2 Å². The Kier molecular flexibility index (Phi) is 5.26. The van der Waals surface area contributed by atoms with Crippen molar-refractivity contribution in [2.45, 2.75) is 11.8 Å². The summed E-state index contributed by atoms with van der Waals surface area (Å²) in [5.74, 6) is -0.332. The predicted molar refractivity (Wildman–Crippen MR) is 97.0 cm³/mol. The molecule has 2 unspecified atom stereocenters. The highest BCUT2D eigenvalue weighted by Crippen LogP contribution is 2.39. The molecule has 1 aliphatic rings. The normalized spacial score (nSPS) is 23.9. The van der Waals surface area contributed by atoms with Crippen LogP contribution in [-0.4, -0.2) is 30.6 Å². The van der Waals surface area contributed by atoms with Crippen LogP contribution in [0, 0.1) is 5.92 Å². The molecule has 0 saturated carbocycles. The van der Waals surface area contributed by atoms with Crippen molar-refractivity contribution in [3.05, 3.63) is 69.7 Å². The molecule has 1 fully saturated rings. The van der Waals surface area contributed by atoms with E-state index in [-0.39, 0.29) is 18.3 Å². The van der Waals surface area contributed by atoms with Gasteiger partial charge in [-0.25, -0.2) is 0 Å². The lowest BCUT2D eigenvalue weighted by Gasteiger charge is -2.43. The lowest BCUT2D eigenvalue weighted by Crippen LogP contribution is -2.53. The average Bonchev–Trinajstić information content (AvgIpc) is 2.62. The van der Waals surface area contributed by atoms with Crippen LogP contribution < -0.4 is 5.32 Å². The summed E-state index contributed by atoms with van der Waals surface area (Å²) in [4.78, 5) is 13.1. The molecule has 0 bridgehead atoms. The number of hydrogen-bond acceptors (Lipinski definition) is 3. The molecule has 24 heavy (non-hydrogen) atoms. The third kappa shape index (κ3) is 3.22. The molecule has 0 aromatic heterocycles. The summed E-state index contributed by atoms with van der Waals surface area (Å²) < 4.78 is 0. The van der Waals surface area contributed by atoms with Gasteiger partial charge in [0.05, 0.1) is 6.61 Å². The minimum Gasteiger partial charge on any atom is -0.395 e. The van der Waals surface area contributed by atoms with Crippen LogP contribution in [0.5, 0.6) is 0 Å². The van der Waals surface area contributed by atoms with Crippen LogP contribution in [0.1, 0.15) is 22.3 Å². The number of aliphatic hydroxyl groups is 1. The van der Waals surface area contributed by atoms with Crippen LogP contribution in [0.15, 0.2) is 48.5 Å². The molecule has 2 N–H and O–H groups in total. The standard InChI is InChI=1S/C19H19Cl2NO2/c20-15-5-1-13(2-6-15)18(24)17-11-22-10-9-19(17,12-23)14-3-7-16(21)8-4-14/h1-8,17,22-23H,9-12H2. The van der Waals surface area contributed by atoms with E-state index in [0.29, 0.717) is 28.6 Å². The Labute approximate surface area is 151 Å². The third-order valence-corrected chi connectivity index (χ3v) is 5.41. The molecule has 1 aliphatic heterocycles. The van der Waals surface area contributed by atoms with Crippen LogP contribution in [0.25, 0.3) is 0 Å². The molecule has 126 valence electrons. The van der Waals surface area contributed by atoms with E-state index in [9.17, 15) is 9.90 Å². The van der Waals surface area contributed by atoms with Crippen LogP contribution in [0.3, 0.4) is 0 Å². The van der Waals surface area contributed by atoms with Gasteiger partial charge in [0.25, 0.3) is 0 Å². The summed E-state index contributed by atoms with van der Waals surface area (Å²) in [7, 11) is 0. The van der Waals surface area contributed by atoms with Crippen LogP contribution >= 0.6 is 23.2 Å². The second-order valence-electron chi connectivity index (χ2n) is 6.20. The van der Waals surface area contributed by atoms with Gasteiger partial charge in [-0.05, 0) is 54.9 Å². The fourth-order valence-electron chi connectivity index (χ4n) is 3.49. The number of piperidine rings is 1. The average molecular weight is 364 g/mol. The summed E-state index contributed by atoms with van der Waals surface area (Å²) in [6.45, 7) is 1.21. The Balaban J connectivity index is 2.01. The molecule has 2 atom stereocenters. The van der Waals surface area contributed by atoms with Gasteiger partial charge in [-0.3, -0.25) is 4.79 Å². The first-order valence-corrected chi connectivity index (χ1v) is 8.70. The van der Waals surface area contributed by atoms with Gasteiger partial charge in [-0.1, -0.05) is 35.3 Å². The summed E-state index contributed by atoms with van der Waals surface area (Å²) in [5, 5.41) is 14.8. The first-order valence-electron chi connectivity index (χ1n) is 7.94. The Morgan fingerprint density at radius 2 is 1.67 bits per heavy atom. The number of aliphatic hydroxyl groups excluding tert-OH is 1. The minimum atomic E-state index is -0.605. The van der Waals surface area contributed by atoms with Crippen molar-refractivity contribution < 1.29 is 9.90 Å². The molecular formula is C19H19Cl2NO2. The van der Waals surface area contributed by atoms with Crippen molar-refractivity contribution in [3.8, 4) is 0 Å². The van der Waals surface area contributed by atoms with Gasteiger partial charge in [-0.15, -0.1) is 0 Å². The zero-order valence-corrected chi connectivity index (χ0v) is 14.6. The smallest absolute Gasteiger partial charge is 0.168 e. The monoisotopic (exact) mass is 363 g/mol. The maximum absolute atomic E-state index is 13.1. The molecule has 0 spiro atoms. The number of hydrogen-bond donors (Lipinski definition) is 2. The maximum Gasteiger partial charge on any atom is 0.168 e. The van der Waals surface area contributed by atoms with Crippen LogP contribution in [0.4, 0.5) is 0 Å². The second-order valence-corrected chi connectivity index (χ2v) is 7.07. The van der Waals surface area contributed by atoms with Gasteiger partial charge >= 0.3 is 0 Å². The number of Topliss-reactive ketones (excluding diaryl/α,β-unsaturated/α-hetero) is 1. The van der Waals surface area contributed by atoms with E-state index in [1.54, 1.807) is 36.4 Å². The SMILES string of the molecule is O=C(c1ccc(Cl)cc1)C1CNCCC1(CO)c1ccc(Cl)cc1.